The van der Waals surface area contributed by atoms with Crippen molar-refractivity contribution >= 4 is 53.3 Å². The van der Waals surface area contributed by atoms with Gasteiger partial charge in [0.25, 0.3) is 10.0 Å². The molecular weight excluding hydrogens is 424 g/mol. The summed E-state index contributed by atoms with van der Waals surface area (Å²) < 4.78 is 28.1. The average molecular weight is 436 g/mol. The lowest BCUT2D eigenvalue weighted by Gasteiger charge is -2.12. The molecule has 0 aliphatic rings. The quantitative estimate of drug-likeness (QED) is 0.643. The van der Waals surface area contributed by atoms with Gasteiger partial charge in [-0.15, -0.1) is 0 Å². The van der Waals surface area contributed by atoms with Gasteiger partial charge in [-0.2, -0.15) is 0 Å². The Kier molecular flexibility index (Phi) is 4.92. The normalized spacial score (nSPS) is 11.4. The zero-order chi connectivity index (χ0) is 15.6. The van der Waals surface area contributed by atoms with Gasteiger partial charge >= 0.3 is 0 Å². The van der Waals surface area contributed by atoms with Crippen LogP contribution in [0.15, 0.2) is 50.2 Å². The van der Waals surface area contributed by atoms with E-state index in [9.17, 15) is 8.42 Å². The molecule has 4 N–H and O–H groups in total. The summed E-state index contributed by atoms with van der Waals surface area (Å²) in [5.74, 6) is 0. The molecule has 0 heterocycles. The van der Waals surface area contributed by atoms with Gasteiger partial charge in [0.15, 0.2) is 0 Å². The van der Waals surface area contributed by atoms with Crippen molar-refractivity contribution in [3.05, 3.63) is 50.9 Å². The van der Waals surface area contributed by atoms with Gasteiger partial charge in [-0.3, -0.25) is 4.72 Å². The van der Waals surface area contributed by atoms with Crippen LogP contribution in [0.4, 0.5) is 11.4 Å². The van der Waals surface area contributed by atoms with Crippen molar-refractivity contribution in [3.8, 4) is 0 Å². The molecule has 8 heteroatoms. The summed E-state index contributed by atoms with van der Waals surface area (Å²) in [5.41, 5.74) is 7.21. The molecule has 2 rings (SSSR count). The summed E-state index contributed by atoms with van der Waals surface area (Å²) in [6, 6.07) is 9.50. The third kappa shape index (κ3) is 3.76. The minimum Gasteiger partial charge on any atom is -0.399 e. The SMILES string of the molecule is Nc1cc(Br)c(S(=O)(=O)Nc2ccc(CO)cc2)c(Br)c1. The first kappa shape index (κ1) is 16.3. The predicted molar refractivity (Wildman–Crippen MR) is 89.4 cm³/mol. The highest BCUT2D eigenvalue weighted by atomic mass is 79.9. The van der Waals surface area contributed by atoms with Crippen LogP contribution in [-0.2, 0) is 16.6 Å². The molecule has 2 aromatic carbocycles. The number of hydrogen-bond acceptors (Lipinski definition) is 4. The highest BCUT2D eigenvalue weighted by Gasteiger charge is 2.21. The zero-order valence-electron chi connectivity index (χ0n) is 10.7. The maximum Gasteiger partial charge on any atom is 0.264 e. The second-order valence-electron chi connectivity index (χ2n) is 4.27. The van der Waals surface area contributed by atoms with Gasteiger partial charge < -0.3 is 10.8 Å². The molecule has 0 unspecified atom stereocenters. The summed E-state index contributed by atoms with van der Waals surface area (Å²) in [7, 11) is -3.77. The standard InChI is InChI=1S/C13H12Br2N2O3S/c14-11-5-9(16)6-12(15)13(11)21(19,20)17-10-3-1-8(7-18)2-4-10/h1-6,17-18H,7,16H2. The molecule has 21 heavy (non-hydrogen) atoms. The van der Waals surface area contributed by atoms with Gasteiger partial charge in [0, 0.05) is 20.3 Å². The van der Waals surface area contributed by atoms with Crippen LogP contribution in [0.1, 0.15) is 5.56 Å². The number of anilines is 2. The van der Waals surface area contributed by atoms with Crippen LogP contribution in [0.3, 0.4) is 0 Å². The van der Waals surface area contributed by atoms with E-state index in [-0.39, 0.29) is 11.5 Å². The van der Waals surface area contributed by atoms with E-state index in [0.717, 1.165) is 0 Å². The third-order valence-electron chi connectivity index (χ3n) is 2.68. The number of rotatable bonds is 4. The number of nitrogen functional groups attached to an aromatic ring is 1. The first-order chi connectivity index (χ1) is 9.83. The average Bonchev–Trinajstić information content (AvgIpc) is 2.37. The minimum absolute atomic E-state index is 0.0722. The van der Waals surface area contributed by atoms with E-state index in [2.05, 4.69) is 36.6 Å². The molecule has 112 valence electrons. The fourth-order valence-corrected chi connectivity index (χ4v) is 5.40. The Labute approximate surface area is 139 Å². The highest BCUT2D eigenvalue weighted by Crippen LogP contribution is 2.33. The summed E-state index contributed by atoms with van der Waals surface area (Å²) in [4.78, 5) is 0.0722. The van der Waals surface area contributed by atoms with E-state index in [4.69, 9.17) is 10.8 Å². The molecule has 0 radical (unpaired) electrons. The fourth-order valence-electron chi connectivity index (χ4n) is 1.72. The number of halogens is 2. The van der Waals surface area contributed by atoms with E-state index in [0.29, 0.717) is 25.9 Å². The summed E-state index contributed by atoms with van der Waals surface area (Å²) in [6.07, 6.45) is 0. The second kappa shape index (κ2) is 6.35. The molecule has 0 fully saturated rings. The van der Waals surface area contributed by atoms with Gasteiger partial charge in [0.1, 0.15) is 4.90 Å². The van der Waals surface area contributed by atoms with Crippen LogP contribution in [0.5, 0.6) is 0 Å². The van der Waals surface area contributed by atoms with Gasteiger partial charge in [-0.05, 0) is 61.7 Å². The van der Waals surface area contributed by atoms with Crippen molar-refractivity contribution < 1.29 is 13.5 Å². The third-order valence-corrected chi connectivity index (χ3v) is 5.94. The fraction of sp³-hybridized carbons (Fsp3) is 0.0769. The van der Waals surface area contributed by atoms with E-state index < -0.39 is 10.0 Å². The van der Waals surface area contributed by atoms with Crippen molar-refractivity contribution in [2.45, 2.75) is 11.5 Å². The molecule has 0 bridgehead atoms. The first-order valence-corrected chi connectivity index (χ1v) is 8.87. The zero-order valence-corrected chi connectivity index (χ0v) is 14.7. The molecule has 0 saturated heterocycles. The van der Waals surface area contributed by atoms with Crippen LogP contribution in [0.2, 0.25) is 0 Å². The van der Waals surface area contributed by atoms with Gasteiger partial charge in [-0.25, -0.2) is 8.42 Å². The molecule has 2 aromatic rings. The summed E-state index contributed by atoms with van der Waals surface area (Å²) in [6.45, 7) is -0.0952. The summed E-state index contributed by atoms with van der Waals surface area (Å²) in [5, 5.41) is 8.97. The number of aliphatic hydroxyl groups is 1. The van der Waals surface area contributed by atoms with Crippen molar-refractivity contribution in [1.82, 2.24) is 0 Å². The van der Waals surface area contributed by atoms with E-state index in [1.54, 1.807) is 24.3 Å². The number of nitrogens with one attached hydrogen (secondary N) is 1. The van der Waals surface area contributed by atoms with Crippen LogP contribution >= 0.6 is 31.9 Å². The van der Waals surface area contributed by atoms with E-state index >= 15 is 0 Å². The van der Waals surface area contributed by atoms with Crippen LogP contribution in [0, 0.1) is 0 Å². The molecule has 0 amide bonds. The maximum atomic E-state index is 12.4. The molecular formula is C13H12Br2N2O3S. The molecule has 0 aliphatic heterocycles. The van der Waals surface area contributed by atoms with E-state index in [1.807, 2.05) is 0 Å². The monoisotopic (exact) mass is 434 g/mol. The van der Waals surface area contributed by atoms with Crippen LogP contribution in [-0.4, -0.2) is 13.5 Å². The Bertz CT molecular complexity index is 738. The number of nitrogens with two attached hydrogens (primary N) is 1. The maximum absolute atomic E-state index is 12.4. The topological polar surface area (TPSA) is 92.4 Å². The predicted octanol–water partition coefficient (Wildman–Crippen LogP) is 3.09. The molecule has 5 nitrogen and oxygen atoms in total. The molecule has 0 aromatic heterocycles. The highest BCUT2D eigenvalue weighted by molar-refractivity contribution is 9.11. The van der Waals surface area contributed by atoms with E-state index in [1.165, 1.54) is 12.1 Å². The molecule has 0 spiro atoms. The summed E-state index contributed by atoms with van der Waals surface area (Å²) >= 11 is 6.42. The largest absolute Gasteiger partial charge is 0.399 e. The Hall–Kier alpha value is -1.09. The van der Waals surface area contributed by atoms with Crippen LogP contribution in [0.25, 0.3) is 0 Å². The Morgan fingerprint density at radius 1 is 1.10 bits per heavy atom. The second-order valence-corrected chi connectivity index (χ2v) is 7.60. The Balaban J connectivity index is 2.38. The number of aliphatic hydroxyl groups excluding tert-OH is 1. The number of sulfonamides is 1. The lowest BCUT2D eigenvalue weighted by atomic mass is 10.2. The Morgan fingerprint density at radius 2 is 1.62 bits per heavy atom. The minimum atomic E-state index is -3.77. The van der Waals surface area contributed by atoms with Crippen molar-refractivity contribution in [2.75, 3.05) is 10.5 Å². The lowest BCUT2D eigenvalue weighted by molar-refractivity contribution is 0.282. The number of benzene rings is 2. The smallest absolute Gasteiger partial charge is 0.264 e. The van der Waals surface area contributed by atoms with Gasteiger partial charge in [-0.1, -0.05) is 12.1 Å². The molecule has 0 aliphatic carbocycles. The first-order valence-electron chi connectivity index (χ1n) is 5.80. The number of hydrogen-bond donors (Lipinski definition) is 3. The van der Waals surface area contributed by atoms with Crippen LogP contribution < -0.4 is 10.5 Å². The van der Waals surface area contributed by atoms with Crippen molar-refractivity contribution in [3.63, 3.8) is 0 Å². The van der Waals surface area contributed by atoms with Crippen molar-refractivity contribution in [1.29, 1.82) is 0 Å². The molecule has 0 atom stereocenters. The van der Waals surface area contributed by atoms with Crippen molar-refractivity contribution in [2.24, 2.45) is 0 Å². The molecule has 0 saturated carbocycles. The lowest BCUT2D eigenvalue weighted by Crippen LogP contribution is -2.14. The Morgan fingerprint density at radius 3 is 2.10 bits per heavy atom. The van der Waals surface area contributed by atoms with Gasteiger partial charge in [0.2, 0.25) is 0 Å². The van der Waals surface area contributed by atoms with Gasteiger partial charge in [0.05, 0.1) is 6.61 Å².